The van der Waals surface area contributed by atoms with Gasteiger partial charge in [-0.1, -0.05) is 55.2 Å². The first kappa shape index (κ1) is 19.9. The molecule has 25 heavy (non-hydrogen) atoms. The Bertz CT molecular complexity index is 644. The molecule has 0 radical (unpaired) electrons. The predicted octanol–water partition coefficient (Wildman–Crippen LogP) is 6.14. The van der Waals surface area contributed by atoms with Gasteiger partial charge in [-0.2, -0.15) is 0 Å². The number of rotatable bonds is 6. The molecule has 0 aliphatic carbocycles. The van der Waals surface area contributed by atoms with E-state index in [1.54, 1.807) is 0 Å². The average molecular weight is 354 g/mol. The monoisotopic (exact) mass is 354 g/mol. The second kappa shape index (κ2) is 8.30. The molecule has 0 heterocycles. The van der Waals surface area contributed by atoms with Crippen molar-refractivity contribution < 1.29 is 7.58 Å². The first-order valence-corrected chi connectivity index (χ1v) is 10.9. The van der Waals surface area contributed by atoms with Crippen LogP contribution in [0.4, 0.5) is 0 Å². The zero-order valence-electron chi connectivity index (χ0n) is 17.0. The highest BCUT2D eigenvalue weighted by Gasteiger charge is 2.35. The van der Waals surface area contributed by atoms with Crippen molar-refractivity contribution in [1.29, 1.82) is 0 Å². The average Bonchev–Trinajstić information content (AvgIpc) is 2.45. The number of hydrogen-bond acceptors (Lipinski definition) is 2. The summed E-state index contributed by atoms with van der Waals surface area (Å²) in [6, 6.07) is 8.74. The Morgan fingerprint density at radius 1 is 0.680 bits per heavy atom. The van der Waals surface area contributed by atoms with E-state index >= 15 is 0 Å². The highest BCUT2D eigenvalue weighted by atomic mass is 27.2. The lowest BCUT2D eigenvalue weighted by Crippen LogP contribution is -2.32. The molecule has 2 aromatic rings. The third-order valence-electron chi connectivity index (χ3n) is 4.37. The fourth-order valence-electron chi connectivity index (χ4n) is 3.47. The Morgan fingerprint density at radius 2 is 1.00 bits per heavy atom. The third kappa shape index (κ3) is 5.27. The minimum absolute atomic E-state index is 0.550. The summed E-state index contributed by atoms with van der Waals surface area (Å²) in [5.74, 6) is 2.56. The van der Waals surface area contributed by atoms with Gasteiger partial charge >= 0.3 is 14.8 Å². The maximum absolute atomic E-state index is 6.50. The quantitative estimate of drug-likeness (QED) is 0.580. The molecule has 0 bridgehead atoms. The smallest absolute Gasteiger partial charge is 0.611 e. The zero-order valence-corrected chi connectivity index (χ0v) is 18.1. The van der Waals surface area contributed by atoms with Crippen LogP contribution < -0.4 is 7.58 Å². The Kier molecular flexibility index (Phi) is 6.61. The number of hydrogen-bond donors (Lipinski definition) is 0. The maximum Gasteiger partial charge on any atom is 0.857 e. The minimum atomic E-state index is -1.89. The first-order chi connectivity index (χ1) is 11.7. The Balaban J connectivity index is 2.32. The summed E-state index contributed by atoms with van der Waals surface area (Å²) in [5, 5.41) is 0.986. The molecule has 2 aromatic carbocycles. The fraction of sp³-hybridized carbons (Fsp3) is 0.455. The Morgan fingerprint density at radius 3 is 1.28 bits per heavy atom. The standard InChI is InChI=1S/2C9H12O.C4H9.Al/c2*1-6-4-7(2)9(10)8(3)5-6;1-4(2)3;/h2*4-5,10H,1-3H3;4H,1H2,2-3H3;/q;;;+2/p-2. The van der Waals surface area contributed by atoms with E-state index in [9.17, 15) is 0 Å². The second-order valence-electron chi connectivity index (χ2n) is 7.75. The van der Waals surface area contributed by atoms with Crippen LogP contribution in [0.15, 0.2) is 24.3 Å². The van der Waals surface area contributed by atoms with Gasteiger partial charge in [0.25, 0.3) is 0 Å². The molecule has 134 valence electrons. The normalized spacial score (nSPS) is 10.9. The molecule has 0 aliphatic heterocycles. The summed E-state index contributed by atoms with van der Waals surface area (Å²) >= 11 is -1.89. The minimum Gasteiger partial charge on any atom is -0.611 e. The van der Waals surface area contributed by atoms with Crippen molar-refractivity contribution in [3.05, 3.63) is 57.6 Å². The van der Waals surface area contributed by atoms with Crippen molar-refractivity contribution in [3.63, 3.8) is 0 Å². The van der Waals surface area contributed by atoms with Gasteiger partial charge in [-0.3, -0.25) is 0 Å². The maximum atomic E-state index is 6.50. The molecule has 0 saturated carbocycles. The van der Waals surface area contributed by atoms with Crippen LogP contribution in [0.1, 0.15) is 47.2 Å². The number of aryl methyl sites for hydroxylation is 6. The summed E-state index contributed by atoms with van der Waals surface area (Å²) < 4.78 is 13.0. The van der Waals surface area contributed by atoms with E-state index < -0.39 is 14.8 Å². The summed E-state index contributed by atoms with van der Waals surface area (Å²) in [5.41, 5.74) is 7.32. The van der Waals surface area contributed by atoms with Gasteiger partial charge in [0.1, 0.15) is 0 Å². The van der Waals surface area contributed by atoms with Gasteiger partial charge in [-0.05, 0) is 69.1 Å². The largest absolute Gasteiger partial charge is 0.857 e. The topological polar surface area (TPSA) is 18.5 Å². The number of benzene rings is 2. The van der Waals surface area contributed by atoms with Gasteiger partial charge in [-0.25, -0.2) is 0 Å². The van der Waals surface area contributed by atoms with E-state index in [0.29, 0.717) is 5.92 Å². The molecule has 0 aromatic heterocycles. The van der Waals surface area contributed by atoms with E-state index in [0.717, 1.165) is 16.8 Å². The van der Waals surface area contributed by atoms with E-state index in [2.05, 4.69) is 79.7 Å². The first-order valence-electron chi connectivity index (χ1n) is 9.16. The van der Waals surface area contributed by atoms with Crippen molar-refractivity contribution in [2.24, 2.45) is 5.92 Å². The highest BCUT2D eigenvalue weighted by Crippen LogP contribution is 2.29. The van der Waals surface area contributed by atoms with Crippen LogP contribution in [-0.2, 0) is 0 Å². The molecule has 3 heteroatoms. The van der Waals surface area contributed by atoms with Gasteiger partial charge < -0.3 is 7.58 Å². The fourth-order valence-corrected chi connectivity index (χ4v) is 5.75. The van der Waals surface area contributed by atoms with Crippen LogP contribution in [0.2, 0.25) is 5.28 Å². The molecule has 0 atom stereocenters. The van der Waals surface area contributed by atoms with E-state index in [4.69, 9.17) is 7.58 Å². The predicted molar refractivity (Wildman–Crippen MR) is 108 cm³/mol. The van der Waals surface area contributed by atoms with E-state index in [1.807, 2.05) is 0 Å². The Labute approximate surface area is 158 Å². The third-order valence-corrected chi connectivity index (χ3v) is 6.70. The van der Waals surface area contributed by atoms with E-state index in [-0.39, 0.29) is 0 Å². The molecule has 0 unspecified atom stereocenters. The Hall–Kier alpha value is -1.43. The van der Waals surface area contributed by atoms with E-state index in [1.165, 1.54) is 33.4 Å². The molecule has 2 rings (SSSR count). The van der Waals surface area contributed by atoms with Crippen molar-refractivity contribution >= 4 is 14.8 Å². The van der Waals surface area contributed by atoms with Gasteiger partial charge in [-0.15, -0.1) is 0 Å². The van der Waals surface area contributed by atoms with Gasteiger partial charge in [0.15, 0.2) is 0 Å². The lowest BCUT2D eigenvalue weighted by molar-refractivity contribution is 0.403. The second-order valence-corrected chi connectivity index (χ2v) is 9.55. The molecule has 0 fully saturated rings. The van der Waals surface area contributed by atoms with Crippen molar-refractivity contribution in [1.82, 2.24) is 0 Å². The lowest BCUT2D eigenvalue weighted by Gasteiger charge is -2.23. The van der Waals surface area contributed by atoms with Crippen molar-refractivity contribution in [3.8, 4) is 11.5 Å². The van der Waals surface area contributed by atoms with Crippen molar-refractivity contribution in [2.45, 2.75) is 60.7 Å². The van der Waals surface area contributed by atoms with Gasteiger partial charge in [0, 0.05) is 0 Å². The molecule has 0 amide bonds. The molecule has 2 nitrogen and oxygen atoms in total. The van der Waals surface area contributed by atoms with Crippen LogP contribution in [0, 0.1) is 47.5 Å². The summed E-state index contributed by atoms with van der Waals surface area (Å²) in [6.45, 7) is 17.2. The SMILES string of the molecule is Cc1cc(C)c([O][Al]([CH2]C(C)C)[O]c2c(C)cc(C)cc2C)c(C)c1. The van der Waals surface area contributed by atoms with Crippen LogP contribution in [-0.4, -0.2) is 14.8 Å². The van der Waals surface area contributed by atoms with Gasteiger partial charge in [0.05, 0.1) is 11.5 Å². The zero-order chi connectivity index (χ0) is 18.7. The van der Waals surface area contributed by atoms with Gasteiger partial charge in [0.2, 0.25) is 0 Å². The van der Waals surface area contributed by atoms with Crippen LogP contribution >= 0.6 is 0 Å². The van der Waals surface area contributed by atoms with Crippen LogP contribution in [0.3, 0.4) is 0 Å². The molecule has 0 spiro atoms. The van der Waals surface area contributed by atoms with Crippen LogP contribution in [0.5, 0.6) is 11.5 Å². The summed E-state index contributed by atoms with van der Waals surface area (Å²) in [4.78, 5) is 0. The summed E-state index contributed by atoms with van der Waals surface area (Å²) in [7, 11) is 0. The highest BCUT2D eigenvalue weighted by molar-refractivity contribution is 6.46. The molecular formula is C22H31AlO2. The molecule has 0 aliphatic rings. The molecular weight excluding hydrogens is 323 g/mol. The van der Waals surface area contributed by atoms with Crippen molar-refractivity contribution in [2.75, 3.05) is 0 Å². The lowest BCUT2D eigenvalue weighted by atomic mass is 10.1. The molecule has 0 saturated heterocycles. The summed E-state index contributed by atoms with van der Waals surface area (Å²) in [6.07, 6.45) is 0. The van der Waals surface area contributed by atoms with Crippen LogP contribution in [0.25, 0.3) is 0 Å². The molecule has 0 N–H and O–H groups in total.